The van der Waals surface area contributed by atoms with Gasteiger partial charge in [-0.05, 0) is 46.3 Å². The number of carbonyl (C=O) groups is 1. The maximum absolute atomic E-state index is 12.0. The second-order valence-corrected chi connectivity index (χ2v) is 6.70. The molecule has 0 atom stereocenters. The lowest BCUT2D eigenvalue weighted by atomic mass is 10.2. The molecule has 1 N–H and O–H groups in total. The van der Waals surface area contributed by atoms with E-state index in [-0.39, 0.29) is 11.7 Å². The summed E-state index contributed by atoms with van der Waals surface area (Å²) in [6.45, 7) is 0. The molecule has 0 radical (unpaired) electrons. The molecule has 0 spiro atoms. The largest absolute Gasteiger partial charge is 0.497 e. The van der Waals surface area contributed by atoms with Crippen LogP contribution >= 0.6 is 27.7 Å². The minimum absolute atomic E-state index is 0.155. The van der Waals surface area contributed by atoms with Gasteiger partial charge in [-0.3, -0.25) is 4.79 Å². The Morgan fingerprint density at radius 1 is 1.24 bits per heavy atom. The predicted octanol–water partition coefficient (Wildman–Crippen LogP) is 4.24. The average Bonchev–Trinajstić information content (AvgIpc) is 3.11. The van der Waals surface area contributed by atoms with Gasteiger partial charge in [-0.1, -0.05) is 30.0 Å². The molecule has 0 saturated carbocycles. The number of ether oxygens (including phenoxy) is 1. The minimum atomic E-state index is -0.155. The molecule has 2 aromatic carbocycles. The number of benzene rings is 2. The first kappa shape index (κ1) is 17.5. The molecule has 0 aliphatic carbocycles. The molecular weight excluding hydrogens is 406 g/mol. The lowest BCUT2D eigenvalue weighted by Gasteiger charge is -2.05. The van der Waals surface area contributed by atoms with Gasteiger partial charge in [-0.15, -0.1) is 10.2 Å². The Hall–Kier alpha value is -2.32. The summed E-state index contributed by atoms with van der Waals surface area (Å²) in [4.78, 5) is 12.0. The van der Waals surface area contributed by atoms with Gasteiger partial charge in [0.25, 0.3) is 5.22 Å². The number of para-hydroxylation sites is 1. The smallest absolute Gasteiger partial charge is 0.277 e. The first-order valence-corrected chi connectivity index (χ1v) is 9.08. The van der Waals surface area contributed by atoms with E-state index in [1.807, 2.05) is 48.5 Å². The van der Waals surface area contributed by atoms with E-state index in [9.17, 15) is 4.79 Å². The fraction of sp³-hybridized carbons (Fsp3) is 0.118. The Bertz CT molecular complexity index is 885. The highest BCUT2D eigenvalue weighted by Gasteiger charge is 2.12. The van der Waals surface area contributed by atoms with Gasteiger partial charge in [0.1, 0.15) is 5.75 Å². The zero-order valence-corrected chi connectivity index (χ0v) is 15.6. The summed E-state index contributed by atoms with van der Waals surface area (Å²) in [5, 5.41) is 11.1. The molecule has 25 heavy (non-hydrogen) atoms. The molecule has 3 aromatic rings. The molecule has 128 valence electrons. The Morgan fingerprint density at radius 2 is 2.08 bits per heavy atom. The van der Waals surface area contributed by atoms with Gasteiger partial charge in [0.05, 0.1) is 18.6 Å². The third-order valence-electron chi connectivity index (χ3n) is 3.20. The lowest BCUT2D eigenvalue weighted by molar-refractivity contribution is -0.113. The van der Waals surface area contributed by atoms with Crippen molar-refractivity contribution in [3.05, 3.63) is 53.0 Å². The van der Waals surface area contributed by atoms with Crippen molar-refractivity contribution in [2.45, 2.75) is 5.22 Å². The van der Waals surface area contributed by atoms with Crippen LogP contribution in [0.3, 0.4) is 0 Å². The van der Waals surface area contributed by atoms with Gasteiger partial charge in [0.2, 0.25) is 11.8 Å². The summed E-state index contributed by atoms with van der Waals surface area (Å²) in [6, 6.07) is 14.8. The summed E-state index contributed by atoms with van der Waals surface area (Å²) in [6.07, 6.45) is 0. The number of anilines is 1. The number of nitrogens with one attached hydrogen (secondary N) is 1. The van der Waals surface area contributed by atoms with Crippen molar-refractivity contribution in [3.8, 4) is 17.2 Å². The van der Waals surface area contributed by atoms with Crippen LogP contribution in [0, 0.1) is 0 Å². The number of nitrogens with zero attached hydrogens (tertiary/aromatic N) is 2. The van der Waals surface area contributed by atoms with E-state index in [1.54, 1.807) is 7.11 Å². The van der Waals surface area contributed by atoms with Gasteiger partial charge >= 0.3 is 0 Å². The molecule has 8 heteroatoms. The topological polar surface area (TPSA) is 77.2 Å². The number of aromatic nitrogens is 2. The van der Waals surface area contributed by atoms with Crippen LogP contribution in [0.25, 0.3) is 11.5 Å². The summed E-state index contributed by atoms with van der Waals surface area (Å²) in [5.41, 5.74) is 1.48. The Kier molecular flexibility index (Phi) is 5.72. The van der Waals surface area contributed by atoms with Gasteiger partial charge in [-0.2, -0.15) is 0 Å². The Morgan fingerprint density at radius 3 is 2.88 bits per heavy atom. The molecule has 0 fully saturated rings. The van der Waals surface area contributed by atoms with Gasteiger partial charge < -0.3 is 14.5 Å². The fourth-order valence-corrected chi connectivity index (χ4v) is 2.96. The highest BCUT2D eigenvalue weighted by Crippen LogP contribution is 2.26. The zero-order valence-electron chi connectivity index (χ0n) is 13.2. The molecule has 0 aliphatic heterocycles. The summed E-state index contributed by atoms with van der Waals surface area (Å²) < 4.78 is 11.6. The number of hydrogen-bond acceptors (Lipinski definition) is 6. The van der Waals surface area contributed by atoms with Gasteiger partial charge in [0.15, 0.2) is 0 Å². The summed E-state index contributed by atoms with van der Waals surface area (Å²) in [7, 11) is 1.60. The first-order valence-electron chi connectivity index (χ1n) is 7.31. The Balaban J connectivity index is 1.60. The van der Waals surface area contributed by atoms with Crippen LogP contribution in [-0.2, 0) is 4.79 Å². The molecular formula is C17H14BrN3O3S. The molecule has 6 nitrogen and oxygen atoms in total. The van der Waals surface area contributed by atoms with Crippen molar-refractivity contribution in [2.24, 2.45) is 0 Å². The highest BCUT2D eigenvalue weighted by molar-refractivity contribution is 9.10. The lowest BCUT2D eigenvalue weighted by Crippen LogP contribution is -2.14. The third-order valence-corrected chi connectivity index (χ3v) is 4.71. The Labute approximate surface area is 157 Å². The number of halogens is 1. The molecule has 0 aliphatic rings. The number of rotatable bonds is 6. The van der Waals surface area contributed by atoms with E-state index in [1.165, 1.54) is 11.8 Å². The normalized spacial score (nSPS) is 10.5. The number of thioether (sulfide) groups is 1. The maximum atomic E-state index is 12.0. The third kappa shape index (κ3) is 4.61. The standard InChI is InChI=1S/C17H14BrN3O3S/c1-23-12-6-4-5-11(9-12)16-20-21-17(24-16)25-10-15(22)19-14-8-3-2-7-13(14)18/h2-9H,10H2,1H3,(H,19,22). The van der Waals surface area contributed by atoms with Crippen molar-refractivity contribution in [2.75, 3.05) is 18.2 Å². The number of amides is 1. The quantitative estimate of drug-likeness (QED) is 0.602. The number of carbonyl (C=O) groups excluding carboxylic acids is 1. The molecule has 0 saturated heterocycles. The van der Waals surface area contributed by atoms with Crippen LogP contribution < -0.4 is 10.1 Å². The van der Waals surface area contributed by atoms with Crippen molar-refractivity contribution in [1.29, 1.82) is 0 Å². The second-order valence-electron chi connectivity index (χ2n) is 4.92. The van der Waals surface area contributed by atoms with Crippen LogP contribution in [-0.4, -0.2) is 29.0 Å². The summed E-state index contributed by atoms with van der Waals surface area (Å²) >= 11 is 4.57. The molecule has 3 rings (SSSR count). The first-order chi connectivity index (χ1) is 12.2. The molecule has 1 heterocycles. The predicted molar refractivity (Wildman–Crippen MR) is 99.8 cm³/mol. The van der Waals surface area contributed by atoms with E-state index in [2.05, 4.69) is 31.4 Å². The molecule has 1 amide bonds. The highest BCUT2D eigenvalue weighted by atomic mass is 79.9. The zero-order chi connectivity index (χ0) is 17.6. The van der Waals surface area contributed by atoms with E-state index in [4.69, 9.17) is 9.15 Å². The van der Waals surface area contributed by atoms with Crippen LogP contribution in [0.1, 0.15) is 0 Å². The average molecular weight is 420 g/mol. The van der Waals surface area contributed by atoms with Crippen LogP contribution in [0.4, 0.5) is 5.69 Å². The monoisotopic (exact) mass is 419 g/mol. The van der Waals surface area contributed by atoms with Crippen LogP contribution in [0.15, 0.2) is 62.6 Å². The van der Waals surface area contributed by atoms with Crippen LogP contribution in [0.2, 0.25) is 0 Å². The maximum Gasteiger partial charge on any atom is 0.277 e. The second kappa shape index (κ2) is 8.17. The SMILES string of the molecule is COc1cccc(-c2nnc(SCC(=O)Nc3ccccc3Br)o2)c1. The van der Waals surface area contributed by atoms with E-state index >= 15 is 0 Å². The van der Waals surface area contributed by atoms with Gasteiger partial charge in [0, 0.05) is 10.0 Å². The molecule has 1 aromatic heterocycles. The van der Waals surface area contributed by atoms with Gasteiger partial charge in [-0.25, -0.2) is 0 Å². The molecule has 0 unspecified atom stereocenters. The number of methoxy groups -OCH3 is 1. The van der Waals surface area contributed by atoms with E-state index < -0.39 is 0 Å². The van der Waals surface area contributed by atoms with E-state index in [0.29, 0.717) is 16.9 Å². The van der Waals surface area contributed by atoms with Crippen molar-refractivity contribution >= 4 is 39.3 Å². The fourth-order valence-electron chi connectivity index (χ4n) is 2.02. The van der Waals surface area contributed by atoms with Crippen molar-refractivity contribution in [1.82, 2.24) is 10.2 Å². The van der Waals surface area contributed by atoms with Crippen LogP contribution in [0.5, 0.6) is 5.75 Å². The molecule has 0 bridgehead atoms. The van der Waals surface area contributed by atoms with E-state index in [0.717, 1.165) is 15.7 Å². The summed E-state index contributed by atoms with van der Waals surface area (Å²) in [5.74, 6) is 1.10. The van der Waals surface area contributed by atoms with Crippen molar-refractivity contribution < 1.29 is 13.9 Å². The van der Waals surface area contributed by atoms with Crippen molar-refractivity contribution in [3.63, 3.8) is 0 Å². The minimum Gasteiger partial charge on any atom is -0.497 e. The number of hydrogen-bond donors (Lipinski definition) is 1.